The van der Waals surface area contributed by atoms with E-state index in [4.69, 9.17) is 4.74 Å². The second-order valence-corrected chi connectivity index (χ2v) is 9.00. The number of rotatable bonds is 2. The van der Waals surface area contributed by atoms with Crippen LogP contribution in [0.15, 0.2) is 0 Å². The van der Waals surface area contributed by atoms with Crippen LogP contribution in [0.2, 0.25) is 0 Å². The number of carbonyl (C=O) groups is 1. The normalized spacial score (nSPS) is 44.5. The van der Waals surface area contributed by atoms with Crippen LogP contribution < -0.4 is 0 Å². The van der Waals surface area contributed by atoms with Crippen molar-refractivity contribution in [2.45, 2.75) is 72.3 Å². The molecule has 0 aliphatic heterocycles. The maximum atomic E-state index is 12.6. The molecule has 0 aromatic carbocycles. The van der Waals surface area contributed by atoms with Gasteiger partial charge in [0.15, 0.2) is 0 Å². The minimum absolute atomic E-state index is 0.0145. The zero-order chi connectivity index (χ0) is 14.7. The van der Waals surface area contributed by atoms with E-state index in [1.807, 2.05) is 6.92 Å². The van der Waals surface area contributed by atoms with E-state index < -0.39 is 0 Å². The molecule has 2 heteroatoms. The number of ether oxygens (including phenoxy) is 1. The third-order valence-electron chi connectivity index (χ3n) is 6.73. The Balaban J connectivity index is 1.75. The predicted molar refractivity (Wildman–Crippen MR) is 80.2 cm³/mol. The molecule has 4 saturated carbocycles. The molecule has 4 bridgehead atoms. The Labute approximate surface area is 123 Å². The summed E-state index contributed by atoms with van der Waals surface area (Å²) in [4.78, 5) is 12.6. The van der Waals surface area contributed by atoms with Crippen LogP contribution in [0.25, 0.3) is 0 Å². The SMILES string of the molecule is CC(C(=O)OC1(C)C2CC3CC(C2)CC1C3)C(C)(C)C. The molecule has 4 aliphatic carbocycles. The van der Waals surface area contributed by atoms with E-state index in [-0.39, 0.29) is 22.9 Å². The van der Waals surface area contributed by atoms with Crippen molar-refractivity contribution < 1.29 is 9.53 Å². The summed E-state index contributed by atoms with van der Waals surface area (Å²) >= 11 is 0. The van der Waals surface area contributed by atoms with E-state index in [0.29, 0.717) is 11.8 Å². The zero-order valence-electron chi connectivity index (χ0n) is 13.7. The highest BCUT2D eigenvalue weighted by Gasteiger charge is 2.57. The van der Waals surface area contributed by atoms with Gasteiger partial charge in [0.1, 0.15) is 5.60 Å². The molecule has 4 fully saturated rings. The predicted octanol–water partition coefficient (Wildman–Crippen LogP) is 4.43. The van der Waals surface area contributed by atoms with Crippen molar-refractivity contribution in [3.05, 3.63) is 0 Å². The van der Waals surface area contributed by atoms with Gasteiger partial charge in [-0.2, -0.15) is 0 Å². The van der Waals surface area contributed by atoms with Crippen LogP contribution >= 0.6 is 0 Å². The van der Waals surface area contributed by atoms with Gasteiger partial charge in [-0.15, -0.1) is 0 Å². The summed E-state index contributed by atoms with van der Waals surface area (Å²) < 4.78 is 6.16. The monoisotopic (exact) mass is 278 g/mol. The van der Waals surface area contributed by atoms with E-state index in [1.165, 1.54) is 32.1 Å². The van der Waals surface area contributed by atoms with Crippen molar-refractivity contribution in [2.75, 3.05) is 0 Å². The molecule has 2 nitrogen and oxygen atoms in total. The molecule has 4 aliphatic rings. The first-order valence-electron chi connectivity index (χ1n) is 8.43. The summed E-state index contributed by atoms with van der Waals surface area (Å²) in [6.07, 6.45) is 6.61. The Kier molecular flexibility index (Phi) is 3.23. The third kappa shape index (κ3) is 2.19. The Morgan fingerprint density at radius 1 is 1.05 bits per heavy atom. The molecule has 0 aromatic rings. The molecule has 0 saturated heterocycles. The molecule has 0 heterocycles. The lowest BCUT2D eigenvalue weighted by atomic mass is 9.50. The van der Waals surface area contributed by atoms with Gasteiger partial charge < -0.3 is 4.74 Å². The molecule has 1 atom stereocenters. The van der Waals surface area contributed by atoms with E-state index in [0.717, 1.165) is 11.8 Å². The maximum Gasteiger partial charge on any atom is 0.309 e. The van der Waals surface area contributed by atoms with E-state index >= 15 is 0 Å². The molecule has 114 valence electrons. The van der Waals surface area contributed by atoms with Crippen molar-refractivity contribution in [3.8, 4) is 0 Å². The molecule has 0 aromatic heterocycles. The highest BCUT2D eigenvalue weighted by molar-refractivity contribution is 5.73. The smallest absolute Gasteiger partial charge is 0.309 e. The second kappa shape index (κ2) is 4.48. The van der Waals surface area contributed by atoms with Gasteiger partial charge in [0.2, 0.25) is 0 Å². The van der Waals surface area contributed by atoms with Crippen molar-refractivity contribution in [1.29, 1.82) is 0 Å². The van der Waals surface area contributed by atoms with Gasteiger partial charge in [0.05, 0.1) is 5.92 Å². The third-order valence-corrected chi connectivity index (χ3v) is 6.73. The minimum atomic E-state index is -0.177. The number of hydrogen-bond acceptors (Lipinski definition) is 2. The topological polar surface area (TPSA) is 26.3 Å². The fourth-order valence-corrected chi connectivity index (χ4v) is 4.95. The lowest BCUT2D eigenvalue weighted by molar-refractivity contribution is -0.209. The average molecular weight is 278 g/mol. The maximum absolute atomic E-state index is 12.6. The lowest BCUT2D eigenvalue weighted by Crippen LogP contribution is -2.58. The Bertz CT molecular complexity index is 376. The summed E-state index contributed by atoms with van der Waals surface area (Å²) in [6, 6.07) is 0. The van der Waals surface area contributed by atoms with Gasteiger partial charge in [0, 0.05) is 0 Å². The quantitative estimate of drug-likeness (QED) is 0.699. The summed E-state index contributed by atoms with van der Waals surface area (Å²) in [6.45, 7) is 10.6. The zero-order valence-corrected chi connectivity index (χ0v) is 13.7. The standard InChI is InChI=1S/C18H30O2/c1-11(17(2,3)4)16(19)20-18(5)14-7-12-6-13(9-14)10-15(18)8-12/h11-15H,6-10H2,1-5H3. The molecule has 0 amide bonds. The van der Waals surface area contributed by atoms with Crippen molar-refractivity contribution in [2.24, 2.45) is 35.0 Å². The van der Waals surface area contributed by atoms with Crippen LogP contribution in [0.3, 0.4) is 0 Å². The Morgan fingerprint density at radius 3 is 1.90 bits per heavy atom. The summed E-state index contributed by atoms with van der Waals surface area (Å²) in [5, 5.41) is 0. The molecule has 4 rings (SSSR count). The van der Waals surface area contributed by atoms with Gasteiger partial charge in [-0.3, -0.25) is 4.79 Å². The fraction of sp³-hybridized carbons (Fsp3) is 0.944. The van der Waals surface area contributed by atoms with Crippen LogP contribution in [0, 0.1) is 35.0 Å². The van der Waals surface area contributed by atoms with E-state index in [1.54, 1.807) is 0 Å². The molecule has 1 unspecified atom stereocenters. The van der Waals surface area contributed by atoms with E-state index in [9.17, 15) is 4.79 Å². The van der Waals surface area contributed by atoms with Crippen molar-refractivity contribution in [3.63, 3.8) is 0 Å². The van der Waals surface area contributed by atoms with Gasteiger partial charge in [0.25, 0.3) is 0 Å². The van der Waals surface area contributed by atoms with Gasteiger partial charge >= 0.3 is 5.97 Å². The minimum Gasteiger partial charge on any atom is -0.459 e. The first kappa shape index (κ1) is 14.4. The van der Waals surface area contributed by atoms with Gasteiger partial charge in [-0.05, 0) is 68.1 Å². The molecule has 0 spiro atoms. The highest BCUT2D eigenvalue weighted by atomic mass is 16.6. The van der Waals surface area contributed by atoms with Crippen LogP contribution in [0.4, 0.5) is 0 Å². The molecule has 20 heavy (non-hydrogen) atoms. The van der Waals surface area contributed by atoms with E-state index in [2.05, 4.69) is 27.7 Å². The van der Waals surface area contributed by atoms with Crippen LogP contribution in [-0.2, 0) is 9.53 Å². The van der Waals surface area contributed by atoms with Crippen LogP contribution in [0.5, 0.6) is 0 Å². The van der Waals surface area contributed by atoms with Crippen LogP contribution in [0.1, 0.15) is 66.7 Å². The second-order valence-electron chi connectivity index (χ2n) is 9.00. The molecule has 0 radical (unpaired) electrons. The number of carbonyl (C=O) groups excluding carboxylic acids is 1. The van der Waals surface area contributed by atoms with Crippen molar-refractivity contribution >= 4 is 5.97 Å². The molecular formula is C18H30O2. The summed E-state index contributed by atoms with van der Waals surface area (Å²) in [5.41, 5.74) is -0.191. The Hall–Kier alpha value is -0.530. The summed E-state index contributed by atoms with van der Waals surface area (Å²) in [5.74, 6) is 3.07. The number of esters is 1. The van der Waals surface area contributed by atoms with Gasteiger partial charge in [-0.25, -0.2) is 0 Å². The first-order chi connectivity index (χ1) is 9.20. The van der Waals surface area contributed by atoms with Crippen molar-refractivity contribution in [1.82, 2.24) is 0 Å². The summed E-state index contributed by atoms with van der Waals surface area (Å²) in [7, 11) is 0. The largest absolute Gasteiger partial charge is 0.459 e. The molecule has 0 N–H and O–H groups in total. The van der Waals surface area contributed by atoms with Gasteiger partial charge in [-0.1, -0.05) is 27.7 Å². The Morgan fingerprint density at radius 2 is 1.50 bits per heavy atom. The fourth-order valence-electron chi connectivity index (χ4n) is 4.95. The first-order valence-corrected chi connectivity index (χ1v) is 8.43. The average Bonchev–Trinajstić information content (AvgIpc) is 2.33. The van der Waals surface area contributed by atoms with Crippen LogP contribution in [-0.4, -0.2) is 11.6 Å². The molecular weight excluding hydrogens is 248 g/mol. The number of hydrogen-bond donors (Lipinski definition) is 0. The highest BCUT2D eigenvalue weighted by Crippen LogP contribution is 2.59. The lowest BCUT2D eigenvalue weighted by Gasteiger charge is -2.59.